The quantitative estimate of drug-likeness (QED) is 0.293. The van der Waals surface area contributed by atoms with Gasteiger partial charge in [0.05, 0.1) is 36.5 Å². The van der Waals surface area contributed by atoms with Crippen molar-refractivity contribution in [1.29, 1.82) is 0 Å². The number of aromatic nitrogens is 2. The maximum atomic E-state index is 13.5. The van der Waals surface area contributed by atoms with Crippen LogP contribution in [0.4, 0.5) is 5.69 Å². The number of H-pyrrole nitrogens is 1. The zero-order chi connectivity index (χ0) is 27.1. The second-order valence-corrected chi connectivity index (χ2v) is 11.7. The van der Waals surface area contributed by atoms with Gasteiger partial charge in [-0.3, -0.25) is 14.8 Å². The van der Waals surface area contributed by atoms with E-state index >= 15 is 0 Å². The van der Waals surface area contributed by atoms with E-state index in [2.05, 4.69) is 49.6 Å². The van der Waals surface area contributed by atoms with Gasteiger partial charge < -0.3 is 15.0 Å². The summed E-state index contributed by atoms with van der Waals surface area (Å²) in [7, 11) is 0. The van der Waals surface area contributed by atoms with E-state index in [9.17, 15) is 4.79 Å². The summed E-state index contributed by atoms with van der Waals surface area (Å²) in [6, 6.07) is 22.7. The number of amides is 1. The Kier molecular flexibility index (Phi) is 6.96. The summed E-state index contributed by atoms with van der Waals surface area (Å²) in [5, 5.41) is 12.7. The van der Waals surface area contributed by atoms with Gasteiger partial charge in [0.25, 0.3) is 5.91 Å². The lowest BCUT2D eigenvalue weighted by molar-refractivity contribution is -0.0660. The molecule has 4 aromatic rings. The molecule has 1 saturated carbocycles. The number of aromatic amines is 1. The Balaban J connectivity index is 1.08. The highest BCUT2D eigenvalue weighted by molar-refractivity contribution is 6.31. The van der Waals surface area contributed by atoms with Crippen molar-refractivity contribution in [3.63, 3.8) is 0 Å². The van der Waals surface area contributed by atoms with E-state index in [-0.39, 0.29) is 11.9 Å². The number of benzene rings is 3. The molecule has 3 aliphatic rings. The van der Waals surface area contributed by atoms with Crippen LogP contribution < -0.4 is 10.2 Å². The van der Waals surface area contributed by atoms with Gasteiger partial charge in [-0.1, -0.05) is 54.8 Å². The highest BCUT2D eigenvalue weighted by Crippen LogP contribution is 2.39. The second kappa shape index (κ2) is 10.9. The van der Waals surface area contributed by atoms with Gasteiger partial charge in [0.1, 0.15) is 0 Å². The van der Waals surface area contributed by atoms with Crippen LogP contribution >= 0.6 is 11.6 Å². The standard InChI is InChI=1S/C32H34ClN5O2/c33-28-4-2-1-3-26(28)30(17-21-5-6-21)34-32(39)23-9-12-29-27(18-23)31(36-35-29)22-7-10-24(11-8-22)37-13-15-38(16-14-37)25-19-40-20-25/h1-4,7-12,18,21,25,30H,5-6,13-17,19-20H2,(H,34,39)(H,35,36). The predicted molar refractivity (Wildman–Crippen MR) is 159 cm³/mol. The van der Waals surface area contributed by atoms with Gasteiger partial charge in [0.15, 0.2) is 0 Å². The lowest BCUT2D eigenvalue weighted by atomic mass is 10.00. The summed E-state index contributed by atoms with van der Waals surface area (Å²) in [5.41, 5.74) is 5.62. The second-order valence-electron chi connectivity index (χ2n) is 11.3. The monoisotopic (exact) mass is 555 g/mol. The van der Waals surface area contributed by atoms with Gasteiger partial charge in [0, 0.05) is 53.4 Å². The molecule has 1 aliphatic carbocycles. The van der Waals surface area contributed by atoms with Gasteiger partial charge >= 0.3 is 0 Å². The highest BCUT2D eigenvalue weighted by atomic mass is 35.5. The molecule has 40 heavy (non-hydrogen) atoms. The number of fused-ring (bicyclic) bond motifs is 1. The van der Waals surface area contributed by atoms with Crippen LogP contribution in [0.25, 0.3) is 22.2 Å². The Morgan fingerprint density at radius 2 is 1.80 bits per heavy atom. The number of halogens is 1. The molecule has 2 N–H and O–H groups in total. The fourth-order valence-corrected chi connectivity index (χ4v) is 6.20. The summed E-state index contributed by atoms with van der Waals surface area (Å²) in [5.74, 6) is 0.552. The van der Waals surface area contributed by atoms with Gasteiger partial charge in [-0.05, 0) is 54.3 Å². The number of hydrogen-bond acceptors (Lipinski definition) is 5. The van der Waals surface area contributed by atoms with Crippen molar-refractivity contribution in [2.24, 2.45) is 5.92 Å². The number of rotatable bonds is 8. The third-order valence-corrected chi connectivity index (χ3v) is 8.98. The molecule has 1 unspecified atom stereocenters. The van der Waals surface area contributed by atoms with E-state index in [4.69, 9.17) is 16.3 Å². The first-order valence-electron chi connectivity index (χ1n) is 14.3. The first kappa shape index (κ1) is 25.6. The molecule has 2 aliphatic heterocycles. The van der Waals surface area contributed by atoms with E-state index in [1.165, 1.54) is 18.5 Å². The van der Waals surface area contributed by atoms with Crippen molar-refractivity contribution < 1.29 is 9.53 Å². The van der Waals surface area contributed by atoms with Crippen LogP contribution in [-0.2, 0) is 4.74 Å². The Hall–Kier alpha value is -3.39. The number of piperazine rings is 1. The molecule has 1 atom stereocenters. The summed E-state index contributed by atoms with van der Waals surface area (Å²) < 4.78 is 5.36. The fourth-order valence-electron chi connectivity index (χ4n) is 5.93. The maximum absolute atomic E-state index is 13.5. The topological polar surface area (TPSA) is 73.5 Å². The Morgan fingerprint density at radius 1 is 1.02 bits per heavy atom. The molecular weight excluding hydrogens is 522 g/mol. The molecule has 3 heterocycles. The van der Waals surface area contributed by atoms with Crippen LogP contribution in [0, 0.1) is 5.92 Å². The van der Waals surface area contributed by atoms with Gasteiger partial charge in [0.2, 0.25) is 0 Å². The van der Waals surface area contributed by atoms with Crippen LogP contribution in [0.3, 0.4) is 0 Å². The first-order chi connectivity index (χ1) is 19.6. The minimum absolute atomic E-state index is 0.0948. The molecule has 0 radical (unpaired) electrons. The van der Waals surface area contributed by atoms with Crippen molar-refractivity contribution in [3.8, 4) is 11.3 Å². The molecule has 0 spiro atoms. The summed E-state index contributed by atoms with van der Waals surface area (Å²) in [4.78, 5) is 18.5. The SMILES string of the molecule is O=C(NC(CC1CC1)c1ccccc1Cl)c1ccc2[nH]nc(-c3ccc(N4CCN(C5COC5)CC4)cc3)c2c1. The third-order valence-electron chi connectivity index (χ3n) is 8.63. The van der Waals surface area contributed by atoms with Crippen molar-refractivity contribution in [2.45, 2.75) is 31.3 Å². The van der Waals surface area contributed by atoms with Crippen molar-refractivity contribution in [3.05, 3.63) is 82.9 Å². The lowest BCUT2D eigenvalue weighted by Crippen LogP contribution is -2.56. The number of ether oxygens (including phenoxy) is 1. The first-order valence-corrected chi connectivity index (χ1v) is 14.7. The lowest BCUT2D eigenvalue weighted by Gasteiger charge is -2.43. The van der Waals surface area contributed by atoms with E-state index in [1.54, 1.807) is 0 Å². The molecule has 206 valence electrons. The summed E-state index contributed by atoms with van der Waals surface area (Å²) in [6.07, 6.45) is 3.34. The summed E-state index contributed by atoms with van der Waals surface area (Å²) >= 11 is 6.52. The average molecular weight is 556 g/mol. The van der Waals surface area contributed by atoms with E-state index in [0.29, 0.717) is 22.5 Å². The Morgan fingerprint density at radius 3 is 2.50 bits per heavy atom. The van der Waals surface area contributed by atoms with Gasteiger partial charge in [-0.2, -0.15) is 5.10 Å². The average Bonchev–Trinajstić information content (AvgIpc) is 3.67. The van der Waals surface area contributed by atoms with Crippen molar-refractivity contribution in [1.82, 2.24) is 20.4 Å². The maximum Gasteiger partial charge on any atom is 0.251 e. The van der Waals surface area contributed by atoms with Gasteiger partial charge in [-0.25, -0.2) is 0 Å². The number of carbonyl (C=O) groups is 1. The fraction of sp³-hybridized carbons (Fsp3) is 0.375. The smallest absolute Gasteiger partial charge is 0.251 e. The molecule has 8 heteroatoms. The number of nitrogens with zero attached hydrogens (tertiary/aromatic N) is 3. The molecule has 7 nitrogen and oxygen atoms in total. The molecule has 7 rings (SSSR count). The van der Waals surface area contributed by atoms with E-state index in [1.807, 2.05) is 42.5 Å². The van der Waals surface area contributed by atoms with E-state index in [0.717, 1.165) is 73.5 Å². The Labute approximate surface area is 239 Å². The van der Waals surface area contributed by atoms with Gasteiger partial charge in [-0.15, -0.1) is 0 Å². The van der Waals surface area contributed by atoms with Crippen LogP contribution in [0.1, 0.15) is 41.2 Å². The zero-order valence-electron chi connectivity index (χ0n) is 22.5. The third kappa shape index (κ3) is 5.21. The van der Waals surface area contributed by atoms with Crippen molar-refractivity contribution >= 4 is 34.1 Å². The molecule has 2 saturated heterocycles. The summed E-state index contributed by atoms with van der Waals surface area (Å²) in [6.45, 7) is 5.94. The normalized spacial score (nSPS) is 19.0. The molecule has 1 amide bonds. The molecule has 0 bridgehead atoms. The Bertz CT molecular complexity index is 1500. The number of nitrogens with one attached hydrogen (secondary N) is 2. The minimum Gasteiger partial charge on any atom is -0.378 e. The number of anilines is 1. The van der Waals surface area contributed by atoms with Crippen molar-refractivity contribution in [2.75, 3.05) is 44.3 Å². The molecule has 1 aromatic heterocycles. The van der Waals surface area contributed by atoms with E-state index < -0.39 is 0 Å². The van der Waals surface area contributed by atoms with Crippen LogP contribution in [0.5, 0.6) is 0 Å². The molecular formula is C32H34ClN5O2. The number of carbonyl (C=O) groups excluding carboxylic acids is 1. The van der Waals surface area contributed by atoms with Crippen LogP contribution in [0.2, 0.25) is 5.02 Å². The zero-order valence-corrected chi connectivity index (χ0v) is 23.2. The largest absolute Gasteiger partial charge is 0.378 e. The number of hydrogen-bond donors (Lipinski definition) is 2. The minimum atomic E-state index is -0.107. The van der Waals surface area contributed by atoms with Crippen LogP contribution in [0.15, 0.2) is 66.7 Å². The molecule has 3 fully saturated rings. The van der Waals surface area contributed by atoms with Crippen LogP contribution in [-0.4, -0.2) is 66.4 Å². The predicted octanol–water partition coefficient (Wildman–Crippen LogP) is 5.68. The molecule has 3 aromatic carbocycles. The highest BCUT2D eigenvalue weighted by Gasteiger charge is 2.30.